The second-order valence-electron chi connectivity index (χ2n) is 4.44. The van der Waals surface area contributed by atoms with Crippen molar-refractivity contribution in [3.05, 3.63) is 30.1 Å². The molecule has 0 bridgehead atoms. The van der Waals surface area contributed by atoms with Crippen molar-refractivity contribution in [2.24, 2.45) is 0 Å². The normalized spacial score (nSPS) is 18.6. The Balaban J connectivity index is 1.70. The minimum atomic E-state index is -0.426. The van der Waals surface area contributed by atoms with Gasteiger partial charge in [0.1, 0.15) is 5.82 Å². The Labute approximate surface area is 106 Å². The molecule has 0 radical (unpaired) electrons. The van der Waals surface area contributed by atoms with Crippen LogP contribution < -0.4 is 16.0 Å². The summed E-state index contributed by atoms with van der Waals surface area (Å²) in [6, 6.07) is 6.26. The molecule has 1 aliphatic heterocycles. The highest BCUT2D eigenvalue weighted by Gasteiger charge is 2.13. The molecule has 0 spiro atoms. The van der Waals surface area contributed by atoms with Crippen LogP contribution in [0.3, 0.4) is 0 Å². The number of hydrogen-bond donors (Lipinski definition) is 3. The van der Waals surface area contributed by atoms with Gasteiger partial charge in [-0.05, 0) is 37.9 Å². The fraction of sp³-hybridized carbons (Fsp3) is 0.462. The highest BCUT2D eigenvalue weighted by Crippen LogP contribution is 2.12. The van der Waals surface area contributed by atoms with Crippen molar-refractivity contribution in [1.29, 1.82) is 0 Å². The molecule has 3 N–H and O–H groups in total. The lowest BCUT2D eigenvalue weighted by Gasteiger charge is -2.11. The first kappa shape index (κ1) is 12.8. The summed E-state index contributed by atoms with van der Waals surface area (Å²) in [7, 11) is 0. The number of nitrogens with one attached hydrogen (secondary N) is 3. The first-order chi connectivity index (χ1) is 8.75. The summed E-state index contributed by atoms with van der Waals surface area (Å²) < 4.78 is 13.3. The third-order valence-corrected chi connectivity index (χ3v) is 3.06. The molecule has 2 amide bonds. The Kier molecular flexibility index (Phi) is 4.52. The highest BCUT2D eigenvalue weighted by molar-refractivity contribution is 5.89. The molecule has 1 aliphatic rings. The van der Waals surface area contributed by atoms with E-state index in [1.165, 1.54) is 18.6 Å². The number of anilines is 1. The molecule has 1 heterocycles. The van der Waals surface area contributed by atoms with Gasteiger partial charge in [-0.25, -0.2) is 9.18 Å². The third-order valence-electron chi connectivity index (χ3n) is 3.06. The molecule has 5 heteroatoms. The van der Waals surface area contributed by atoms with Crippen LogP contribution >= 0.6 is 0 Å². The van der Waals surface area contributed by atoms with E-state index in [4.69, 9.17) is 0 Å². The zero-order valence-corrected chi connectivity index (χ0v) is 10.2. The molecule has 0 aliphatic carbocycles. The van der Waals surface area contributed by atoms with E-state index in [9.17, 15) is 9.18 Å². The first-order valence-corrected chi connectivity index (χ1v) is 6.28. The molecule has 1 aromatic rings. The summed E-state index contributed by atoms with van der Waals surface area (Å²) in [6.07, 6.45) is 3.27. The molecule has 0 unspecified atom stereocenters. The fourth-order valence-electron chi connectivity index (χ4n) is 2.09. The molecule has 1 saturated heterocycles. The number of rotatable bonds is 4. The summed E-state index contributed by atoms with van der Waals surface area (Å²) >= 11 is 0. The lowest BCUT2D eigenvalue weighted by molar-refractivity contribution is 0.251. The Morgan fingerprint density at radius 3 is 3.00 bits per heavy atom. The van der Waals surface area contributed by atoms with Crippen LogP contribution in [0.25, 0.3) is 0 Å². The van der Waals surface area contributed by atoms with E-state index in [1.54, 1.807) is 12.1 Å². The third kappa shape index (κ3) is 3.70. The molecule has 0 saturated carbocycles. The lowest BCUT2D eigenvalue weighted by Crippen LogP contribution is -2.33. The maximum atomic E-state index is 13.3. The predicted octanol–water partition coefficient (Wildman–Crippen LogP) is 2.09. The lowest BCUT2D eigenvalue weighted by atomic mass is 10.1. The van der Waals surface area contributed by atoms with Gasteiger partial charge in [0.05, 0.1) is 5.69 Å². The Hall–Kier alpha value is -1.62. The van der Waals surface area contributed by atoms with Crippen molar-refractivity contribution in [3.8, 4) is 0 Å². The van der Waals surface area contributed by atoms with Crippen molar-refractivity contribution >= 4 is 11.7 Å². The average molecular weight is 251 g/mol. The van der Waals surface area contributed by atoms with Crippen molar-refractivity contribution in [1.82, 2.24) is 10.6 Å². The van der Waals surface area contributed by atoms with Gasteiger partial charge in [0.15, 0.2) is 0 Å². The van der Waals surface area contributed by atoms with Gasteiger partial charge in [-0.1, -0.05) is 12.1 Å². The van der Waals surface area contributed by atoms with Crippen LogP contribution in [-0.4, -0.2) is 25.2 Å². The zero-order chi connectivity index (χ0) is 12.8. The molecular formula is C13H18FN3O. The standard InChI is InChI=1S/C13H18FN3O/c14-11-5-1-2-6-12(11)17-13(18)16-9-7-10-4-3-8-15-10/h1-2,5-6,10,15H,3-4,7-9H2,(H2,16,17,18)/t10-/m0/s1. The van der Waals surface area contributed by atoms with E-state index in [-0.39, 0.29) is 11.7 Å². The monoisotopic (exact) mass is 251 g/mol. The summed E-state index contributed by atoms with van der Waals surface area (Å²) in [5, 5.41) is 8.58. The molecule has 4 nitrogen and oxygen atoms in total. The number of hydrogen-bond acceptors (Lipinski definition) is 2. The second kappa shape index (κ2) is 6.35. The quantitative estimate of drug-likeness (QED) is 0.767. The minimum Gasteiger partial charge on any atom is -0.338 e. The van der Waals surface area contributed by atoms with Gasteiger partial charge in [0, 0.05) is 12.6 Å². The van der Waals surface area contributed by atoms with E-state index < -0.39 is 5.82 Å². The Morgan fingerprint density at radius 2 is 2.28 bits per heavy atom. The van der Waals surface area contributed by atoms with Crippen LogP contribution in [0, 0.1) is 5.82 Å². The average Bonchev–Trinajstić information content (AvgIpc) is 2.85. The molecule has 0 aromatic heterocycles. The van der Waals surface area contributed by atoms with Crippen LogP contribution in [0.2, 0.25) is 0 Å². The predicted molar refractivity (Wildman–Crippen MR) is 69.1 cm³/mol. The molecule has 18 heavy (non-hydrogen) atoms. The van der Waals surface area contributed by atoms with Gasteiger partial charge in [0.2, 0.25) is 0 Å². The van der Waals surface area contributed by atoms with Crippen molar-refractivity contribution < 1.29 is 9.18 Å². The smallest absolute Gasteiger partial charge is 0.319 e. The summed E-state index contributed by atoms with van der Waals surface area (Å²) in [6.45, 7) is 1.66. The minimum absolute atomic E-state index is 0.203. The topological polar surface area (TPSA) is 53.2 Å². The van der Waals surface area contributed by atoms with Crippen molar-refractivity contribution in [2.75, 3.05) is 18.4 Å². The van der Waals surface area contributed by atoms with Gasteiger partial charge in [0.25, 0.3) is 0 Å². The zero-order valence-electron chi connectivity index (χ0n) is 10.2. The molecule has 1 aromatic carbocycles. The maximum Gasteiger partial charge on any atom is 0.319 e. The molecule has 98 valence electrons. The number of carbonyl (C=O) groups is 1. The van der Waals surface area contributed by atoms with Gasteiger partial charge < -0.3 is 16.0 Å². The molecule has 1 fully saturated rings. The van der Waals surface area contributed by atoms with E-state index in [0.717, 1.165) is 19.4 Å². The fourth-order valence-corrected chi connectivity index (χ4v) is 2.09. The summed E-state index contributed by atoms with van der Waals surface area (Å²) in [5.74, 6) is -0.426. The maximum absolute atomic E-state index is 13.3. The van der Waals surface area contributed by atoms with Crippen molar-refractivity contribution in [2.45, 2.75) is 25.3 Å². The second-order valence-corrected chi connectivity index (χ2v) is 4.44. The Bertz CT molecular complexity index is 405. The van der Waals surface area contributed by atoms with Crippen LogP contribution in [0.5, 0.6) is 0 Å². The number of benzene rings is 1. The highest BCUT2D eigenvalue weighted by atomic mass is 19.1. The van der Waals surface area contributed by atoms with E-state index in [1.807, 2.05) is 0 Å². The van der Waals surface area contributed by atoms with Gasteiger partial charge in [-0.2, -0.15) is 0 Å². The number of urea groups is 1. The van der Waals surface area contributed by atoms with Crippen LogP contribution in [0.4, 0.5) is 14.9 Å². The number of para-hydroxylation sites is 1. The Morgan fingerprint density at radius 1 is 1.44 bits per heavy atom. The first-order valence-electron chi connectivity index (χ1n) is 6.28. The molecule has 2 rings (SSSR count). The van der Waals surface area contributed by atoms with E-state index in [0.29, 0.717) is 12.6 Å². The largest absolute Gasteiger partial charge is 0.338 e. The SMILES string of the molecule is O=C(NCC[C@@H]1CCCN1)Nc1ccccc1F. The number of amides is 2. The van der Waals surface area contributed by atoms with Gasteiger partial charge >= 0.3 is 6.03 Å². The molecule has 1 atom stereocenters. The van der Waals surface area contributed by atoms with Gasteiger partial charge in [-0.3, -0.25) is 0 Å². The van der Waals surface area contributed by atoms with E-state index >= 15 is 0 Å². The van der Waals surface area contributed by atoms with Crippen LogP contribution in [-0.2, 0) is 0 Å². The van der Waals surface area contributed by atoms with Crippen molar-refractivity contribution in [3.63, 3.8) is 0 Å². The summed E-state index contributed by atoms with van der Waals surface area (Å²) in [4.78, 5) is 11.5. The van der Waals surface area contributed by atoms with Gasteiger partial charge in [-0.15, -0.1) is 0 Å². The summed E-state index contributed by atoms with van der Waals surface area (Å²) in [5.41, 5.74) is 0.203. The van der Waals surface area contributed by atoms with Crippen LogP contribution in [0.15, 0.2) is 24.3 Å². The van der Waals surface area contributed by atoms with Crippen LogP contribution in [0.1, 0.15) is 19.3 Å². The number of halogens is 1. The molecular weight excluding hydrogens is 233 g/mol. The van der Waals surface area contributed by atoms with E-state index in [2.05, 4.69) is 16.0 Å². The number of carbonyl (C=O) groups excluding carboxylic acids is 1.